The average molecular weight is 287 g/mol. The van der Waals surface area contributed by atoms with Gasteiger partial charge in [0.2, 0.25) is 0 Å². The Kier molecular flexibility index (Phi) is 5.49. The molecule has 0 saturated carbocycles. The number of rotatable bonds is 5. The van der Waals surface area contributed by atoms with Crippen LogP contribution in [0.3, 0.4) is 0 Å². The van der Waals surface area contributed by atoms with Crippen LogP contribution in [0.15, 0.2) is 30.3 Å². The number of aliphatic hydroxyl groups is 1. The molecule has 3 nitrogen and oxygen atoms in total. The SMILES string of the molecule is C[C@@H](C(=O)OCCBr)[C@@H](O)c1ccccc1. The second kappa shape index (κ2) is 6.66. The summed E-state index contributed by atoms with van der Waals surface area (Å²) in [6.07, 6.45) is -0.816. The van der Waals surface area contributed by atoms with Crippen molar-refractivity contribution in [2.75, 3.05) is 11.9 Å². The van der Waals surface area contributed by atoms with Crippen molar-refractivity contribution in [1.29, 1.82) is 0 Å². The molecule has 0 aliphatic rings. The maximum Gasteiger partial charge on any atom is 0.311 e. The molecular formula is C12H15BrO3. The van der Waals surface area contributed by atoms with E-state index in [2.05, 4.69) is 15.9 Å². The van der Waals surface area contributed by atoms with Crippen LogP contribution in [0.4, 0.5) is 0 Å². The second-order valence-corrected chi connectivity index (χ2v) is 4.29. The van der Waals surface area contributed by atoms with Crippen LogP contribution in [0.2, 0.25) is 0 Å². The van der Waals surface area contributed by atoms with Crippen molar-refractivity contribution < 1.29 is 14.6 Å². The third-order valence-electron chi connectivity index (χ3n) is 2.31. The highest BCUT2D eigenvalue weighted by Gasteiger charge is 2.24. The predicted molar refractivity (Wildman–Crippen MR) is 65.3 cm³/mol. The molecule has 16 heavy (non-hydrogen) atoms. The average Bonchev–Trinajstić information content (AvgIpc) is 2.35. The van der Waals surface area contributed by atoms with Crippen LogP contribution in [0.25, 0.3) is 0 Å². The topological polar surface area (TPSA) is 46.5 Å². The Morgan fingerprint density at radius 1 is 1.44 bits per heavy atom. The van der Waals surface area contributed by atoms with Crippen LogP contribution in [-0.4, -0.2) is 23.0 Å². The number of hydrogen-bond donors (Lipinski definition) is 1. The lowest BCUT2D eigenvalue weighted by Crippen LogP contribution is -2.22. The standard InChI is InChI=1S/C12H15BrO3/c1-9(12(15)16-8-7-13)11(14)10-5-3-2-4-6-10/h2-6,9,11,14H,7-8H2,1H3/t9-,11-/m1/s1. The van der Waals surface area contributed by atoms with E-state index in [9.17, 15) is 9.90 Å². The number of carbonyl (C=O) groups excluding carboxylic acids is 1. The minimum absolute atomic E-state index is 0.324. The highest BCUT2D eigenvalue weighted by molar-refractivity contribution is 9.09. The van der Waals surface area contributed by atoms with Gasteiger partial charge in [-0.15, -0.1) is 0 Å². The molecule has 0 heterocycles. The van der Waals surface area contributed by atoms with Gasteiger partial charge in [0.1, 0.15) is 6.61 Å². The van der Waals surface area contributed by atoms with Crippen LogP contribution in [0.1, 0.15) is 18.6 Å². The van der Waals surface area contributed by atoms with E-state index in [0.717, 1.165) is 5.56 Å². The van der Waals surface area contributed by atoms with Crippen LogP contribution in [0, 0.1) is 5.92 Å². The third-order valence-corrected chi connectivity index (χ3v) is 2.63. The highest BCUT2D eigenvalue weighted by atomic mass is 79.9. The summed E-state index contributed by atoms with van der Waals surface area (Å²) in [5.41, 5.74) is 0.728. The summed E-state index contributed by atoms with van der Waals surface area (Å²) < 4.78 is 4.95. The third kappa shape index (κ3) is 3.61. The number of hydrogen-bond acceptors (Lipinski definition) is 3. The van der Waals surface area contributed by atoms with E-state index in [1.807, 2.05) is 18.2 Å². The number of halogens is 1. The second-order valence-electron chi connectivity index (χ2n) is 3.50. The van der Waals surface area contributed by atoms with Crippen molar-refractivity contribution in [3.63, 3.8) is 0 Å². The molecule has 1 N–H and O–H groups in total. The first-order valence-corrected chi connectivity index (χ1v) is 6.24. The molecule has 0 aromatic heterocycles. The number of alkyl halides is 1. The smallest absolute Gasteiger partial charge is 0.311 e. The zero-order chi connectivity index (χ0) is 12.0. The van der Waals surface area contributed by atoms with E-state index < -0.39 is 12.0 Å². The summed E-state index contributed by atoms with van der Waals surface area (Å²) in [4.78, 5) is 11.5. The largest absolute Gasteiger partial charge is 0.465 e. The van der Waals surface area contributed by atoms with Crippen molar-refractivity contribution in [2.45, 2.75) is 13.0 Å². The van der Waals surface area contributed by atoms with Crippen molar-refractivity contribution in [3.8, 4) is 0 Å². The van der Waals surface area contributed by atoms with E-state index in [0.29, 0.717) is 11.9 Å². The first-order valence-electron chi connectivity index (χ1n) is 5.12. The highest BCUT2D eigenvalue weighted by Crippen LogP contribution is 2.22. The minimum Gasteiger partial charge on any atom is -0.465 e. The maximum absolute atomic E-state index is 11.5. The van der Waals surface area contributed by atoms with Crippen molar-refractivity contribution in [3.05, 3.63) is 35.9 Å². The minimum atomic E-state index is -0.816. The fourth-order valence-electron chi connectivity index (χ4n) is 1.34. The molecule has 0 fully saturated rings. The lowest BCUT2D eigenvalue weighted by atomic mass is 9.98. The molecule has 88 valence electrons. The molecule has 1 rings (SSSR count). The van der Waals surface area contributed by atoms with E-state index >= 15 is 0 Å². The molecule has 0 aliphatic heterocycles. The molecule has 0 radical (unpaired) electrons. The molecule has 0 bridgehead atoms. The molecule has 1 aromatic rings. The van der Waals surface area contributed by atoms with Crippen LogP contribution in [-0.2, 0) is 9.53 Å². The first kappa shape index (κ1) is 13.2. The Balaban J connectivity index is 2.60. The zero-order valence-corrected chi connectivity index (χ0v) is 10.7. The van der Waals surface area contributed by atoms with E-state index in [4.69, 9.17) is 4.74 Å². The Morgan fingerprint density at radius 3 is 2.62 bits per heavy atom. The van der Waals surface area contributed by atoms with Gasteiger partial charge in [-0.05, 0) is 12.5 Å². The van der Waals surface area contributed by atoms with E-state index in [-0.39, 0.29) is 5.97 Å². The van der Waals surface area contributed by atoms with Crippen molar-refractivity contribution in [1.82, 2.24) is 0 Å². The lowest BCUT2D eigenvalue weighted by molar-refractivity contribution is -0.151. The Bertz CT molecular complexity index is 326. The molecule has 0 unspecified atom stereocenters. The Morgan fingerprint density at radius 2 is 2.06 bits per heavy atom. The molecule has 0 saturated heterocycles. The van der Waals surface area contributed by atoms with Gasteiger partial charge in [-0.3, -0.25) is 4.79 Å². The van der Waals surface area contributed by atoms with Gasteiger partial charge < -0.3 is 9.84 Å². The van der Waals surface area contributed by atoms with E-state index in [1.54, 1.807) is 19.1 Å². The van der Waals surface area contributed by atoms with Gasteiger partial charge in [0.25, 0.3) is 0 Å². The van der Waals surface area contributed by atoms with Gasteiger partial charge in [-0.1, -0.05) is 46.3 Å². The normalized spacial score (nSPS) is 14.2. The fraction of sp³-hybridized carbons (Fsp3) is 0.417. The van der Waals surface area contributed by atoms with Crippen molar-refractivity contribution >= 4 is 21.9 Å². The summed E-state index contributed by atoms with van der Waals surface area (Å²) in [7, 11) is 0. The van der Waals surface area contributed by atoms with Crippen molar-refractivity contribution in [2.24, 2.45) is 5.92 Å². The number of benzene rings is 1. The molecule has 1 aromatic carbocycles. The lowest BCUT2D eigenvalue weighted by Gasteiger charge is -2.17. The zero-order valence-electron chi connectivity index (χ0n) is 9.10. The predicted octanol–water partition coefficient (Wildman–Crippen LogP) is 2.29. The van der Waals surface area contributed by atoms with Gasteiger partial charge in [0.05, 0.1) is 12.0 Å². The monoisotopic (exact) mass is 286 g/mol. The van der Waals surface area contributed by atoms with Crippen LogP contribution >= 0.6 is 15.9 Å². The number of aliphatic hydroxyl groups excluding tert-OH is 1. The summed E-state index contributed by atoms with van der Waals surface area (Å²) in [6, 6.07) is 9.10. The maximum atomic E-state index is 11.5. The number of esters is 1. The van der Waals surface area contributed by atoms with Gasteiger partial charge in [-0.25, -0.2) is 0 Å². The Hall–Kier alpha value is -0.870. The summed E-state index contributed by atoms with van der Waals surface area (Å²) in [5.74, 6) is -0.933. The van der Waals surface area contributed by atoms with Crippen LogP contribution in [0.5, 0.6) is 0 Å². The van der Waals surface area contributed by atoms with E-state index in [1.165, 1.54) is 0 Å². The first-order chi connectivity index (χ1) is 7.66. The van der Waals surface area contributed by atoms with Gasteiger partial charge >= 0.3 is 5.97 Å². The summed E-state index contributed by atoms with van der Waals surface area (Å²) >= 11 is 3.17. The summed E-state index contributed by atoms with van der Waals surface area (Å²) in [6.45, 7) is 1.99. The molecule has 0 spiro atoms. The quantitative estimate of drug-likeness (QED) is 0.667. The number of ether oxygens (including phenoxy) is 1. The van der Waals surface area contributed by atoms with Crippen LogP contribution < -0.4 is 0 Å². The van der Waals surface area contributed by atoms with Gasteiger partial charge in [-0.2, -0.15) is 0 Å². The molecule has 0 aliphatic carbocycles. The van der Waals surface area contributed by atoms with Gasteiger partial charge in [0.15, 0.2) is 0 Å². The summed E-state index contributed by atoms with van der Waals surface area (Å²) in [5, 5.41) is 10.6. The molecule has 2 atom stereocenters. The Labute approximate surface area is 104 Å². The fourth-order valence-corrected chi connectivity index (χ4v) is 1.50. The van der Waals surface area contributed by atoms with Gasteiger partial charge in [0, 0.05) is 5.33 Å². The molecular weight excluding hydrogens is 272 g/mol. The molecule has 4 heteroatoms. The molecule has 0 amide bonds. The number of carbonyl (C=O) groups is 1.